The highest BCUT2D eigenvalue weighted by molar-refractivity contribution is 5.80. The van der Waals surface area contributed by atoms with Gasteiger partial charge < -0.3 is 25.0 Å². The van der Waals surface area contributed by atoms with Crippen molar-refractivity contribution in [2.75, 3.05) is 45.8 Å². The van der Waals surface area contributed by atoms with Gasteiger partial charge in [-0.15, -0.1) is 0 Å². The molecule has 1 aromatic carbocycles. The number of piperidine rings is 1. The van der Waals surface area contributed by atoms with E-state index in [9.17, 15) is 0 Å². The molecule has 2 N–H and O–H groups in total. The van der Waals surface area contributed by atoms with Crippen molar-refractivity contribution in [3.05, 3.63) is 47.7 Å². The molecule has 1 aromatic heterocycles. The first-order chi connectivity index (χ1) is 15.4. The lowest BCUT2D eigenvalue weighted by Crippen LogP contribution is -2.50. The highest BCUT2D eigenvalue weighted by Crippen LogP contribution is 2.32. The SMILES string of the molecule is CN=C(NCC(C)(C)c1ccc(OC)c(OC)c1)NC1CCN(c2ccc(C)cn2)CC1. The molecule has 7 nitrogen and oxygen atoms in total. The number of benzene rings is 1. The molecule has 0 radical (unpaired) electrons. The highest BCUT2D eigenvalue weighted by atomic mass is 16.5. The standard InChI is InChI=1S/C25H37N5O2/c1-18-7-10-23(27-16-18)30-13-11-20(12-14-30)29-24(26-4)28-17-25(2,3)19-8-9-21(31-5)22(15-19)32-6/h7-10,15-16,20H,11-14,17H2,1-6H3,(H2,26,28,29). The second-order valence-electron chi connectivity index (χ2n) is 8.98. The Balaban J connectivity index is 1.53. The minimum absolute atomic E-state index is 0.113. The monoisotopic (exact) mass is 439 g/mol. The van der Waals surface area contributed by atoms with Crippen LogP contribution >= 0.6 is 0 Å². The zero-order valence-corrected chi connectivity index (χ0v) is 20.2. The molecular formula is C25H37N5O2. The fraction of sp³-hybridized carbons (Fsp3) is 0.520. The maximum absolute atomic E-state index is 5.48. The van der Waals surface area contributed by atoms with E-state index in [-0.39, 0.29) is 5.41 Å². The first-order valence-corrected chi connectivity index (χ1v) is 11.2. The van der Waals surface area contributed by atoms with Gasteiger partial charge in [0.1, 0.15) is 5.82 Å². The van der Waals surface area contributed by atoms with Crippen molar-refractivity contribution in [1.29, 1.82) is 0 Å². The van der Waals surface area contributed by atoms with Crippen LogP contribution in [0.4, 0.5) is 5.82 Å². The summed E-state index contributed by atoms with van der Waals surface area (Å²) in [5, 5.41) is 7.11. The lowest BCUT2D eigenvalue weighted by Gasteiger charge is -2.34. The van der Waals surface area contributed by atoms with E-state index in [4.69, 9.17) is 9.47 Å². The predicted molar refractivity (Wildman–Crippen MR) is 131 cm³/mol. The summed E-state index contributed by atoms with van der Waals surface area (Å²) < 4.78 is 10.8. The molecule has 1 saturated heterocycles. The van der Waals surface area contributed by atoms with Crippen molar-refractivity contribution in [2.24, 2.45) is 4.99 Å². The molecule has 0 aliphatic carbocycles. The van der Waals surface area contributed by atoms with Crippen molar-refractivity contribution < 1.29 is 9.47 Å². The van der Waals surface area contributed by atoms with Crippen molar-refractivity contribution in [2.45, 2.75) is 45.1 Å². The third kappa shape index (κ3) is 5.84. The Morgan fingerprint density at radius 1 is 1.12 bits per heavy atom. The molecule has 174 valence electrons. The average Bonchev–Trinajstić information content (AvgIpc) is 2.82. The number of aliphatic imine (C=N–C) groups is 1. The van der Waals surface area contributed by atoms with Crippen LogP contribution in [0.25, 0.3) is 0 Å². The number of nitrogens with one attached hydrogen (secondary N) is 2. The quantitative estimate of drug-likeness (QED) is 0.508. The Bertz CT molecular complexity index is 903. The highest BCUT2D eigenvalue weighted by Gasteiger charge is 2.24. The Morgan fingerprint density at radius 3 is 2.44 bits per heavy atom. The number of ether oxygens (including phenoxy) is 2. The lowest BCUT2D eigenvalue weighted by molar-refractivity contribution is 0.353. The van der Waals surface area contributed by atoms with E-state index in [1.54, 1.807) is 14.2 Å². The van der Waals surface area contributed by atoms with Crippen LogP contribution < -0.4 is 25.0 Å². The van der Waals surface area contributed by atoms with Crippen LogP contribution in [-0.4, -0.2) is 57.9 Å². The van der Waals surface area contributed by atoms with Gasteiger partial charge in [0.2, 0.25) is 0 Å². The Morgan fingerprint density at radius 2 is 1.84 bits per heavy atom. The average molecular weight is 440 g/mol. The van der Waals surface area contributed by atoms with E-state index in [2.05, 4.69) is 64.5 Å². The van der Waals surface area contributed by atoms with Crippen LogP contribution in [0.5, 0.6) is 11.5 Å². The van der Waals surface area contributed by atoms with Gasteiger partial charge in [-0.25, -0.2) is 4.98 Å². The number of anilines is 1. The summed E-state index contributed by atoms with van der Waals surface area (Å²) in [4.78, 5) is 11.4. The molecule has 3 rings (SSSR count). The van der Waals surface area contributed by atoms with Gasteiger partial charge in [-0.2, -0.15) is 0 Å². The van der Waals surface area contributed by atoms with Crippen molar-refractivity contribution in [3.8, 4) is 11.5 Å². The van der Waals surface area contributed by atoms with E-state index in [0.29, 0.717) is 6.04 Å². The first-order valence-electron chi connectivity index (χ1n) is 11.2. The number of rotatable bonds is 7. The molecule has 0 unspecified atom stereocenters. The normalized spacial score (nSPS) is 15.4. The first kappa shape index (κ1) is 23.7. The summed E-state index contributed by atoms with van der Waals surface area (Å²) in [5.74, 6) is 3.39. The minimum Gasteiger partial charge on any atom is -0.493 e. The number of hydrogen-bond acceptors (Lipinski definition) is 5. The summed E-state index contributed by atoms with van der Waals surface area (Å²) in [6.07, 6.45) is 4.04. The minimum atomic E-state index is -0.113. The van der Waals surface area contributed by atoms with Crippen molar-refractivity contribution in [1.82, 2.24) is 15.6 Å². The van der Waals surface area contributed by atoms with E-state index in [1.165, 1.54) is 11.1 Å². The van der Waals surface area contributed by atoms with Crippen LogP contribution in [-0.2, 0) is 5.41 Å². The van der Waals surface area contributed by atoms with E-state index in [0.717, 1.165) is 55.8 Å². The molecule has 0 spiro atoms. The Labute approximate surface area is 192 Å². The lowest BCUT2D eigenvalue weighted by atomic mass is 9.84. The fourth-order valence-electron chi connectivity index (χ4n) is 3.95. The molecule has 1 aliphatic rings. The summed E-state index contributed by atoms with van der Waals surface area (Å²) in [6.45, 7) is 9.21. The maximum Gasteiger partial charge on any atom is 0.191 e. The maximum atomic E-state index is 5.48. The van der Waals surface area contributed by atoms with Crippen LogP contribution in [0.15, 0.2) is 41.5 Å². The molecule has 2 heterocycles. The largest absolute Gasteiger partial charge is 0.493 e. The van der Waals surface area contributed by atoms with Gasteiger partial charge in [-0.05, 0) is 49.1 Å². The fourth-order valence-corrected chi connectivity index (χ4v) is 3.95. The number of methoxy groups -OCH3 is 2. The molecule has 7 heteroatoms. The molecule has 1 fully saturated rings. The second kappa shape index (κ2) is 10.6. The number of pyridine rings is 1. The molecule has 32 heavy (non-hydrogen) atoms. The summed E-state index contributed by atoms with van der Waals surface area (Å²) >= 11 is 0. The topological polar surface area (TPSA) is 71.0 Å². The summed E-state index contributed by atoms with van der Waals surface area (Å²) in [7, 11) is 5.14. The molecule has 0 bridgehead atoms. The Kier molecular flexibility index (Phi) is 7.83. The smallest absolute Gasteiger partial charge is 0.191 e. The van der Waals surface area contributed by atoms with E-state index < -0.39 is 0 Å². The van der Waals surface area contributed by atoms with Gasteiger partial charge in [0, 0.05) is 44.3 Å². The van der Waals surface area contributed by atoms with Crippen LogP contribution in [0.1, 0.15) is 37.8 Å². The third-order valence-corrected chi connectivity index (χ3v) is 6.14. The van der Waals surface area contributed by atoms with Crippen LogP contribution in [0, 0.1) is 6.92 Å². The summed E-state index contributed by atoms with van der Waals surface area (Å²) in [6, 6.07) is 10.7. The van der Waals surface area contributed by atoms with Crippen LogP contribution in [0.2, 0.25) is 0 Å². The van der Waals surface area contributed by atoms with Crippen molar-refractivity contribution in [3.63, 3.8) is 0 Å². The number of guanidine groups is 1. The molecule has 1 aliphatic heterocycles. The predicted octanol–water partition coefficient (Wildman–Crippen LogP) is 3.52. The summed E-state index contributed by atoms with van der Waals surface area (Å²) in [5.41, 5.74) is 2.26. The number of hydrogen-bond donors (Lipinski definition) is 2. The Hall–Kier alpha value is -2.96. The van der Waals surface area contributed by atoms with E-state index >= 15 is 0 Å². The van der Waals surface area contributed by atoms with Gasteiger partial charge in [-0.3, -0.25) is 4.99 Å². The number of nitrogens with zero attached hydrogens (tertiary/aromatic N) is 3. The number of aromatic nitrogens is 1. The van der Waals surface area contributed by atoms with Gasteiger partial charge in [-0.1, -0.05) is 26.0 Å². The zero-order valence-electron chi connectivity index (χ0n) is 20.2. The van der Waals surface area contributed by atoms with Gasteiger partial charge >= 0.3 is 0 Å². The van der Waals surface area contributed by atoms with E-state index in [1.807, 2.05) is 25.4 Å². The van der Waals surface area contributed by atoms with Gasteiger partial charge in [0.25, 0.3) is 0 Å². The molecule has 2 aromatic rings. The molecule has 0 saturated carbocycles. The zero-order chi connectivity index (χ0) is 23.1. The molecule has 0 atom stereocenters. The van der Waals surface area contributed by atoms with Crippen LogP contribution in [0.3, 0.4) is 0 Å². The number of aryl methyl sites for hydroxylation is 1. The molecular weight excluding hydrogens is 402 g/mol. The van der Waals surface area contributed by atoms with Gasteiger partial charge in [0.15, 0.2) is 17.5 Å². The molecule has 0 amide bonds. The van der Waals surface area contributed by atoms with Gasteiger partial charge in [0.05, 0.1) is 14.2 Å². The van der Waals surface area contributed by atoms with Crippen molar-refractivity contribution >= 4 is 11.8 Å². The third-order valence-electron chi connectivity index (χ3n) is 6.14. The second-order valence-corrected chi connectivity index (χ2v) is 8.98.